The van der Waals surface area contributed by atoms with Crippen LogP contribution < -0.4 is 10.1 Å². The van der Waals surface area contributed by atoms with Crippen LogP contribution in [0, 0.1) is 0 Å². The lowest BCUT2D eigenvalue weighted by Crippen LogP contribution is -2.09. The summed E-state index contributed by atoms with van der Waals surface area (Å²) in [5.41, 5.74) is 2.23. The number of aromatic nitrogens is 3. The molecule has 1 amide bonds. The molecule has 0 bridgehead atoms. The van der Waals surface area contributed by atoms with E-state index in [2.05, 4.69) is 15.3 Å². The quantitative estimate of drug-likeness (QED) is 0.752. The van der Waals surface area contributed by atoms with Crippen molar-refractivity contribution in [3.63, 3.8) is 0 Å². The van der Waals surface area contributed by atoms with Gasteiger partial charge in [0.2, 0.25) is 11.7 Å². The van der Waals surface area contributed by atoms with Crippen LogP contribution in [0.4, 0.5) is 5.69 Å². The molecule has 23 heavy (non-hydrogen) atoms. The van der Waals surface area contributed by atoms with Gasteiger partial charge in [-0.05, 0) is 37.3 Å². The minimum Gasteiger partial charge on any atom is -0.495 e. The highest BCUT2D eigenvalue weighted by Gasteiger charge is 2.10. The van der Waals surface area contributed by atoms with Crippen LogP contribution in [0.25, 0.3) is 17.0 Å². The summed E-state index contributed by atoms with van der Waals surface area (Å²) in [7, 11) is 1.56. The molecule has 0 atom stereocenters. The fourth-order valence-corrected chi connectivity index (χ4v) is 2.26. The number of amides is 1. The number of carbonyl (C=O) groups is 1. The van der Waals surface area contributed by atoms with Crippen molar-refractivity contribution < 1.29 is 9.53 Å². The molecule has 0 saturated carbocycles. The first-order valence-electron chi connectivity index (χ1n) is 7.13. The normalized spacial score (nSPS) is 11.0. The lowest BCUT2D eigenvalue weighted by Gasteiger charge is -2.10. The molecule has 0 aliphatic heterocycles. The molecular weight excluding hydrogens is 292 g/mol. The zero-order valence-electron chi connectivity index (χ0n) is 12.9. The van der Waals surface area contributed by atoms with E-state index in [9.17, 15) is 4.79 Å². The maximum atomic E-state index is 11.8. The molecule has 3 rings (SSSR count). The molecular formula is C17H16N4O2. The van der Waals surface area contributed by atoms with Gasteiger partial charge in [0.25, 0.3) is 0 Å². The maximum Gasteiger partial charge on any atom is 0.248 e. The maximum absolute atomic E-state index is 11.8. The van der Waals surface area contributed by atoms with E-state index in [-0.39, 0.29) is 5.91 Å². The lowest BCUT2D eigenvalue weighted by molar-refractivity contribution is -0.111. The second kappa shape index (κ2) is 6.31. The summed E-state index contributed by atoms with van der Waals surface area (Å²) < 4.78 is 7.14. The van der Waals surface area contributed by atoms with Crippen LogP contribution in [0.2, 0.25) is 0 Å². The first kappa shape index (κ1) is 14.8. The Kier molecular flexibility index (Phi) is 4.05. The minimum absolute atomic E-state index is 0.209. The van der Waals surface area contributed by atoms with E-state index in [0.717, 1.165) is 11.3 Å². The van der Waals surface area contributed by atoms with E-state index in [1.165, 1.54) is 6.08 Å². The van der Waals surface area contributed by atoms with Crippen LogP contribution in [-0.4, -0.2) is 27.4 Å². The number of benzene rings is 1. The molecule has 0 unspecified atom stereocenters. The number of carbonyl (C=O) groups excluding carboxylic acids is 1. The molecule has 3 aromatic rings. The number of anilines is 1. The number of methoxy groups -OCH3 is 1. The van der Waals surface area contributed by atoms with Crippen LogP contribution in [-0.2, 0) is 4.79 Å². The van der Waals surface area contributed by atoms with E-state index < -0.39 is 0 Å². The monoisotopic (exact) mass is 308 g/mol. The summed E-state index contributed by atoms with van der Waals surface area (Å²) in [6.07, 6.45) is 8.61. The van der Waals surface area contributed by atoms with E-state index in [0.29, 0.717) is 17.2 Å². The van der Waals surface area contributed by atoms with Gasteiger partial charge >= 0.3 is 0 Å². The molecule has 2 aromatic heterocycles. The predicted octanol–water partition coefficient (Wildman–Crippen LogP) is 2.92. The van der Waals surface area contributed by atoms with E-state index in [1.54, 1.807) is 32.4 Å². The summed E-state index contributed by atoms with van der Waals surface area (Å²) in [4.78, 5) is 20.5. The number of nitrogens with zero attached hydrogens (tertiary/aromatic N) is 3. The highest BCUT2D eigenvalue weighted by atomic mass is 16.5. The third kappa shape index (κ3) is 3.06. The minimum atomic E-state index is -0.209. The van der Waals surface area contributed by atoms with Crippen molar-refractivity contribution in [1.29, 1.82) is 0 Å². The summed E-state index contributed by atoms with van der Waals surface area (Å²) >= 11 is 0. The molecule has 0 fully saturated rings. The van der Waals surface area contributed by atoms with Gasteiger partial charge in [0.1, 0.15) is 5.75 Å². The summed E-state index contributed by atoms with van der Waals surface area (Å²) in [6.45, 7) is 1.79. The number of ether oxygens (including phenoxy) is 1. The van der Waals surface area contributed by atoms with Crippen molar-refractivity contribution >= 4 is 17.4 Å². The molecule has 6 nitrogen and oxygen atoms in total. The summed E-state index contributed by atoms with van der Waals surface area (Å²) in [5, 5.41) is 2.81. The number of allylic oxidation sites excluding steroid dienone is 1. The van der Waals surface area contributed by atoms with Gasteiger partial charge in [-0.25, -0.2) is 9.97 Å². The van der Waals surface area contributed by atoms with Crippen molar-refractivity contribution in [2.75, 3.05) is 12.4 Å². The van der Waals surface area contributed by atoms with Gasteiger partial charge in [-0.1, -0.05) is 6.08 Å². The topological polar surface area (TPSA) is 68.5 Å². The molecule has 1 N–H and O–H groups in total. The number of imidazole rings is 1. The fourth-order valence-electron chi connectivity index (χ4n) is 2.26. The van der Waals surface area contributed by atoms with Gasteiger partial charge in [-0.15, -0.1) is 0 Å². The average Bonchev–Trinajstić information content (AvgIpc) is 2.99. The van der Waals surface area contributed by atoms with Crippen LogP contribution in [0.1, 0.15) is 6.92 Å². The van der Waals surface area contributed by atoms with Gasteiger partial charge in [0, 0.05) is 24.2 Å². The largest absolute Gasteiger partial charge is 0.495 e. The first-order valence-corrected chi connectivity index (χ1v) is 7.13. The molecule has 0 radical (unpaired) electrons. The van der Waals surface area contributed by atoms with Crippen molar-refractivity contribution in [2.45, 2.75) is 6.92 Å². The Labute approximate surface area is 133 Å². The van der Waals surface area contributed by atoms with E-state index in [4.69, 9.17) is 4.74 Å². The molecule has 0 aliphatic carbocycles. The summed E-state index contributed by atoms with van der Waals surface area (Å²) in [5.74, 6) is 1.01. The Morgan fingerprint density at radius 1 is 1.39 bits per heavy atom. The molecule has 0 saturated heterocycles. The number of hydrogen-bond acceptors (Lipinski definition) is 4. The number of nitrogens with one attached hydrogen (secondary N) is 1. The SMILES string of the molecule is CC=CC(=O)Nc1cc(-c2cn3cccnc3n2)ccc1OC. The Hall–Kier alpha value is -3.15. The predicted molar refractivity (Wildman–Crippen MR) is 88.4 cm³/mol. The van der Waals surface area contributed by atoms with Crippen LogP contribution in [0.3, 0.4) is 0 Å². The lowest BCUT2D eigenvalue weighted by atomic mass is 10.1. The standard InChI is InChI=1S/C17H16N4O2/c1-3-5-16(22)19-13-10-12(6-7-15(13)23-2)14-11-21-9-4-8-18-17(21)20-14/h3-11H,1-2H3,(H,19,22). The van der Waals surface area contributed by atoms with Crippen molar-refractivity contribution in [1.82, 2.24) is 14.4 Å². The molecule has 0 aliphatic rings. The molecule has 2 heterocycles. The zero-order chi connectivity index (χ0) is 16.2. The van der Waals surface area contributed by atoms with E-state index >= 15 is 0 Å². The number of fused-ring (bicyclic) bond motifs is 1. The first-order chi connectivity index (χ1) is 11.2. The van der Waals surface area contributed by atoms with Crippen LogP contribution in [0.5, 0.6) is 5.75 Å². The van der Waals surface area contributed by atoms with Gasteiger partial charge in [-0.2, -0.15) is 0 Å². The molecule has 6 heteroatoms. The average molecular weight is 308 g/mol. The van der Waals surface area contributed by atoms with Crippen molar-refractivity contribution in [3.8, 4) is 17.0 Å². The Bertz CT molecular complexity index is 850. The third-order valence-electron chi connectivity index (χ3n) is 3.31. The number of hydrogen-bond donors (Lipinski definition) is 1. The molecule has 0 spiro atoms. The van der Waals surface area contributed by atoms with Crippen LogP contribution in [0.15, 0.2) is 55.0 Å². The molecule has 1 aromatic carbocycles. The van der Waals surface area contributed by atoms with Gasteiger partial charge in [-0.3, -0.25) is 9.20 Å². The third-order valence-corrected chi connectivity index (χ3v) is 3.31. The Morgan fingerprint density at radius 2 is 2.26 bits per heavy atom. The van der Waals surface area contributed by atoms with E-state index in [1.807, 2.05) is 35.0 Å². The highest BCUT2D eigenvalue weighted by molar-refractivity contribution is 6.00. The van der Waals surface area contributed by atoms with Crippen molar-refractivity contribution in [3.05, 3.63) is 55.0 Å². The van der Waals surface area contributed by atoms with Gasteiger partial charge < -0.3 is 10.1 Å². The highest BCUT2D eigenvalue weighted by Crippen LogP contribution is 2.30. The second-order valence-corrected chi connectivity index (χ2v) is 4.86. The van der Waals surface area contributed by atoms with Gasteiger partial charge in [0.05, 0.1) is 18.5 Å². The van der Waals surface area contributed by atoms with Crippen LogP contribution >= 0.6 is 0 Å². The second-order valence-electron chi connectivity index (χ2n) is 4.86. The van der Waals surface area contributed by atoms with Crippen molar-refractivity contribution in [2.24, 2.45) is 0 Å². The smallest absolute Gasteiger partial charge is 0.248 e. The number of rotatable bonds is 4. The zero-order valence-corrected chi connectivity index (χ0v) is 12.9. The molecule has 116 valence electrons. The Morgan fingerprint density at radius 3 is 3.00 bits per heavy atom. The van der Waals surface area contributed by atoms with Gasteiger partial charge in [0.15, 0.2) is 0 Å². The summed E-state index contributed by atoms with van der Waals surface area (Å²) in [6, 6.07) is 7.38. The Balaban J connectivity index is 2.01. The fraction of sp³-hybridized carbons (Fsp3) is 0.118.